The number of rotatable bonds is 7. The van der Waals surface area contributed by atoms with Crippen LogP contribution in [0.1, 0.15) is 5.56 Å². The molecule has 150 valence electrons. The lowest BCUT2D eigenvalue weighted by Gasteiger charge is -2.09. The first-order chi connectivity index (χ1) is 13.9. The van der Waals surface area contributed by atoms with Crippen LogP contribution in [-0.4, -0.2) is 34.9 Å². The Hall–Kier alpha value is -3.32. The third-order valence-corrected chi connectivity index (χ3v) is 4.34. The van der Waals surface area contributed by atoms with Gasteiger partial charge in [-0.3, -0.25) is 9.48 Å². The van der Waals surface area contributed by atoms with Crippen LogP contribution < -0.4 is 10.1 Å². The maximum atomic E-state index is 12.1. The van der Waals surface area contributed by atoms with Crippen molar-refractivity contribution in [2.45, 2.75) is 6.92 Å². The topological polar surface area (TPSA) is 82.4 Å². The van der Waals surface area contributed by atoms with Gasteiger partial charge in [0.05, 0.1) is 5.69 Å². The van der Waals surface area contributed by atoms with E-state index >= 15 is 0 Å². The number of anilines is 1. The Labute approximate surface area is 173 Å². The van der Waals surface area contributed by atoms with E-state index in [2.05, 4.69) is 10.4 Å². The molecule has 3 aromatic rings. The number of halogens is 1. The highest BCUT2D eigenvalue weighted by molar-refractivity contribution is 6.30. The van der Waals surface area contributed by atoms with Crippen molar-refractivity contribution < 1.29 is 19.1 Å². The first kappa shape index (κ1) is 20.4. The number of carbonyl (C=O) groups is 2. The molecule has 2 aromatic carbocycles. The van der Waals surface area contributed by atoms with Gasteiger partial charge >= 0.3 is 5.97 Å². The molecule has 0 aliphatic heterocycles. The van der Waals surface area contributed by atoms with Crippen LogP contribution in [0.25, 0.3) is 11.3 Å². The van der Waals surface area contributed by atoms with Gasteiger partial charge < -0.3 is 14.8 Å². The van der Waals surface area contributed by atoms with Gasteiger partial charge in [0.15, 0.2) is 13.2 Å². The minimum absolute atomic E-state index is 0.273. The molecule has 0 radical (unpaired) electrons. The summed E-state index contributed by atoms with van der Waals surface area (Å²) < 4.78 is 11.9. The van der Waals surface area contributed by atoms with Crippen LogP contribution in [0.2, 0.25) is 5.02 Å². The summed E-state index contributed by atoms with van der Waals surface area (Å²) in [5, 5.41) is 7.66. The van der Waals surface area contributed by atoms with Gasteiger partial charge in [-0.15, -0.1) is 0 Å². The first-order valence-electron chi connectivity index (χ1n) is 8.86. The molecule has 1 heterocycles. The Morgan fingerprint density at radius 1 is 1.10 bits per heavy atom. The van der Waals surface area contributed by atoms with Gasteiger partial charge in [-0.2, -0.15) is 5.10 Å². The monoisotopic (exact) mass is 413 g/mol. The van der Waals surface area contributed by atoms with E-state index in [9.17, 15) is 9.59 Å². The Balaban J connectivity index is 1.50. The average molecular weight is 414 g/mol. The molecule has 3 rings (SSSR count). The minimum atomic E-state index is -0.629. The number of esters is 1. The fourth-order valence-corrected chi connectivity index (χ4v) is 2.69. The van der Waals surface area contributed by atoms with E-state index in [0.717, 1.165) is 11.1 Å². The van der Waals surface area contributed by atoms with Gasteiger partial charge in [-0.1, -0.05) is 41.9 Å². The number of nitrogens with one attached hydrogen (secondary N) is 1. The third-order valence-electron chi connectivity index (χ3n) is 4.09. The van der Waals surface area contributed by atoms with Gasteiger partial charge in [-0.25, -0.2) is 4.79 Å². The van der Waals surface area contributed by atoms with E-state index < -0.39 is 18.5 Å². The number of amides is 1. The van der Waals surface area contributed by atoms with E-state index in [1.165, 1.54) is 4.68 Å². The second-order valence-electron chi connectivity index (χ2n) is 6.31. The number of carbonyl (C=O) groups excluding carboxylic acids is 2. The first-order valence-corrected chi connectivity index (χ1v) is 9.24. The van der Waals surface area contributed by atoms with Crippen LogP contribution in [0.15, 0.2) is 54.6 Å². The molecule has 0 atom stereocenters. The van der Waals surface area contributed by atoms with Gasteiger partial charge in [0.25, 0.3) is 5.91 Å². The van der Waals surface area contributed by atoms with Crippen molar-refractivity contribution in [3.8, 4) is 17.0 Å². The number of benzene rings is 2. The quantitative estimate of drug-likeness (QED) is 0.598. The number of ether oxygens (including phenoxy) is 2. The Morgan fingerprint density at radius 2 is 1.83 bits per heavy atom. The molecule has 0 spiro atoms. The zero-order chi connectivity index (χ0) is 20.8. The smallest absolute Gasteiger partial charge is 0.344 e. The SMILES string of the molecule is Cc1ccccc1OCC(=O)OCC(=O)Nc1cc(-c2ccc(Cl)cc2)nn1C. The van der Waals surface area contributed by atoms with Crippen LogP contribution >= 0.6 is 11.6 Å². The fraction of sp³-hybridized carbons (Fsp3) is 0.190. The van der Waals surface area contributed by atoms with E-state index in [0.29, 0.717) is 22.3 Å². The van der Waals surface area contributed by atoms with Gasteiger partial charge in [0.2, 0.25) is 0 Å². The molecule has 0 saturated heterocycles. The summed E-state index contributed by atoms with van der Waals surface area (Å²) in [4.78, 5) is 23.9. The molecule has 8 heteroatoms. The second-order valence-corrected chi connectivity index (χ2v) is 6.74. The Morgan fingerprint density at radius 3 is 2.55 bits per heavy atom. The van der Waals surface area contributed by atoms with Gasteiger partial charge in [-0.05, 0) is 30.7 Å². The summed E-state index contributed by atoms with van der Waals surface area (Å²) in [6.07, 6.45) is 0. The molecular weight excluding hydrogens is 394 g/mol. The molecule has 0 aliphatic carbocycles. The second kappa shape index (κ2) is 9.25. The number of para-hydroxylation sites is 1. The summed E-state index contributed by atoms with van der Waals surface area (Å²) in [5.41, 5.74) is 2.46. The average Bonchev–Trinajstić information content (AvgIpc) is 3.06. The molecule has 0 bridgehead atoms. The van der Waals surface area contributed by atoms with E-state index in [1.807, 2.05) is 37.3 Å². The molecule has 0 unspecified atom stereocenters. The molecule has 29 heavy (non-hydrogen) atoms. The van der Waals surface area contributed by atoms with Crippen molar-refractivity contribution in [3.05, 3.63) is 65.2 Å². The van der Waals surface area contributed by atoms with Crippen LogP contribution in [0.4, 0.5) is 5.82 Å². The van der Waals surface area contributed by atoms with Gasteiger partial charge in [0.1, 0.15) is 11.6 Å². The van der Waals surface area contributed by atoms with E-state index in [1.54, 1.807) is 31.3 Å². The number of nitrogens with zero attached hydrogens (tertiary/aromatic N) is 2. The summed E-state index contributed by atoms with van der Waals surface area (Å²) in [6.45, 7) is 1.18. The summed E-state index contributed by atoms with van der Waals surface area (Å²) in [7, 11) is 1.71. The molecule has 1 amide bonds. The zero-order valence-electron chi connectivity index (χ0n) is 16.0. The van der Waals surface area contributed by atoms with E-state index in [4.69, 9.17) is 21.1 Å². The molecule has 7 nitrogen and oxygen atoms in total. The summed E-state index contributed by atoms with van der Waals surface area (Å²) in [5.74, 6) is -0.0270. The number of aryl methyl sites for hydroxylation is 2. The molecular formula is C21H20ClN3O4. The number of hydrogen-bond acceptors (Lipinski definition) is 5. The van der Waals surface area contributed by atoms with Crippen LogP contribution in [-0.2, 0) is 21.4 Å². The highest BCUT2D eigenvalue weighted by Gasteiger charge is 2.13. The number of aromatic nitrogens is 2. The molecule has 0 saturated carbocycles. The predicted octanol–water partition coefficient (Wildman–Crippen LogP) is 3.61. The molecule has 1 aromatic heterocycles. The minimum Gasteiger partial charge on any atom is -0.482 e. The molecule has 0 fully saturated rings. The Bertz CT molecular complexity index is 1020. The number of hydrogen-bond donors (Lipinski definition) is 1. The largest absolute Gasteiger partial charge is 0.482 e. The van der Waals surface area contributed by atoms with Crippen molar-refractivity contribution >= 4 is 29.3 Å². The van der Waals surface area contributed by atoms with Crippen molar-refractivity contribution in [1.29, 1.82) is 0 Å². The third kappa shape index (κ3) is 5.58. The normalized spacial score (nSPS) is 10.4. The zero-order valence-corrected chi connectivity index (χ0v) is 16.8. The highest BCUT2D eigenvalue weighted by Crippen LogP contribution is 2.23. The van der Waals surface area contributed by atoms with E-state index in [-0.39, 0.29) is 6.61 Å². The standard InChI is InChI=1S/C21H20ClN3O4/c1-14-5-3-4-6-18(14)28-13-21(27)29-12-20(26)23-19-11-17(24-25(19)2)15-7-9-16(22)10-8-15/h3-11H,12-13H2,1-2H3,(H,23,26). The highest BCUT2D eigenvalue weighted by atomic mass is 35.5. The van der Waals surface area contributed by atoms with Crippen molar-refractivity contribution in [2.24, 2.45) is 7.05 Å². The lowest BCUT2D eigenvalue weighted by Crippen LogP contribution is -2.24. The maximum Gasteiger partial charge on any atom is 0.344 e. The Kier molecular flexibility index (Phi) is 6.51. The molecule has 1 N–H and O–H groups in total. The summed E-state index contributed by atoms with van der Waals surface area (Å²) in [6, 6.07) is 16.3. The predicted molar refractivity (Wildman–Crippen MR) is 110 cm³/mol. The fourth-order valence-electron chi connectivity index (χ4n) is 2.57. The van der Waals surface area contributed by atoms with Crippen molar-refractivity contribution in [2.75, 3.05) is 18.5 Å². The summed E-state index contributed by atoms with van der Waals surface area (Å²) >= 11 is 5.90. The maximum absolute atomic E-state index is 12.1. The molecule has 0 aliphatic rings. The van der Waals surface area contributed by atoms with Crippen LogP contribution in [0.5, 0.6) is 5.75 Å². The van der Waals surface area contributed by atoms with Crippen LogP contribution in [0, 0.1) is 6.92 Å². The lowest BCUT2D eigenvalue weighted by molar-refractivity contribution is -0.149. The van der Waals surface area contributed by atoms with Gasteiger partial charge in [0, 0.05) is 23.7 Å². The lowest BCUT2D eigenvalue weighted by atomic mass is 10.1. The van der Waals surface area contributed by atoms with Crippen molar-refractivity contribution in [3.63, 3.8) is 0 Å². The van der Waals surface area contributed by atoms with Crippen molar-refractivity contribution in [1.82, 2.24) is 9.78 Å². The van der Waals surface area contributed by atoms with Crippen LogP contribution in [0.3, 0.4) is 0 Å².